The van der Waals surface area contributed by atoms with Crippen LogP contribution in [-0.4, -0.2) is 11.1 Å². The lowest BCUT2D eigenvalue weighted by Gasteiger charge is -2.19. The van der Waals surface area contributed by atoms with Gasteiger partial charge in [0, 0.05) is 5.56 Å². The lowest BCUT2D eigenvalue weighted by molar-refractivity contribution is -0.143. The first-order chi connectivity index (χ1) is 6.48. The number of terminal acetylenes is 1. The lowest BCUT2D eigenvalue weighted by atomic mass is 9.93. The predicted molar refractivity (Wildman–Crippen MR) is 53.6 cm³/mol. The van der Waals surface area contributed by atoms with Gasteiger partial charge in [0.15, 0.2) is 0 Å². The van der Waals surface area contributed by atoms with Crippen molar-refractivity contribution >= 4 is 5.97 Å². The number of carboxylic acids is 1. The molecule has 1 aromatic carbocycles. The number of carbonyl (C=O) groups is 1. The third-order valence-electron chi connectivity index (χ3n) is 2.10. The molecule has 1 unspecified atom stereocenters. The zero-order valence-corrected chi connectivity index (χ0v) is 7.82. The number of carboxylic acid groups (broad SMARTS) is 1. The topological polar surface area (TPSA) is 63.3 Å². The molecule has 0 saturated carbocycles. The second-order valence-corrected chi connectivity index (χ2v) is 3.23. The van der Waals surface area contributed by atoms with E-state index in [2.05, 4.69) is 5.92 Å². The van der Waals surface area contributed by atoms with Crippen molar-refractivity contribution in [1.29, 1.82) is 0 Å². The standard InChI is InChI=1S/C11H11NO2/c1-3-8-4-6-9(7-5-8)11(2,12)10(13)14/h1,4-7H,12H2,2H3,(H,13,14). The third kappa shape index (κ3) is 1.76. The molecule has 3 nitrogen and oxygen atoms in total. The second kappa shape index (κ2) is 3.52. The third-order valence-corrected chi connectivity index (χ3v) is 2.10. The average molecular weight is 189 g/mol. The maximum Gasteiger partial charge on any atom is 0.328 e. The van der Waals surface area contributed by atoms with Crippen LogP contribution in [0.1, 0.15) is 18.1 Å². The van der Waals surface area contributed by atoms with Crippen molar-refractivity contribution in [2.24, 2.45) is 5.73 Å². The van der Waals surface area contributed by atoms with Gasteiger partial charge in [0.25, 0.3) is 0 Å². The van der Waals surface area contributed by atoms with Crippen molar-refractivity contribution < 1.29 is 9.90 Å². The average Bonchev–Trinajstić information content (AvgIpc) is 2.17. The molecule has 0 saturated heterocycles. The van der Waals surface area contributed by atoms with E-state index in [-0.39, 0.29) is 0 Å². The van der Waals surface area contributed by atoms with Crippen LogP contribution in [-0.2, 0) is 10.3 Å². The highest BCUT2D eigenvalue weighted by Crippen LogP contribution is 2.18. The van der Waals surface area contributed by atoms with E-state index < -0.39 is 11.5 Å². The van der Waals surface area contributed by atoms with E-state index in [9.17, 15) is 4.79 Å². The Labute approximate surface area is 82.6 Å². The molecule has 0 heterocycles. The van der Waals surface area contributed by atoms with Crippen molar-refractivity contribution in [3.8, 4) is 12.3 Å². The van der Waals surface area contributed by atoms with E-state index in [0.717, 1.165) is 0 Å². The van der Waals surface area contributed by atoms with Crippen molar-refractivity contribution in [2.75, 3.05) is 0 Å². The first-order valence-corrected chi connectivity index (χ1v) is 4.08. The Morgan fingerprint density at radius 2 is 2.00 bits per heavy atom. The quantitative estimate of drug-likeness (QED) is 0.680. The van der Waals surface area contributed by atoms with Crippen LogP contribution >= 0.6 is 0 Å². The van der Waals surface area contributed by atoms with Gasteiger partial charge in [-0.2, -0.15) is 0 Å². The molecule has 0 bridgehead atoms. The van der Waals surface area contributed by atoms with E-state index in [0.29, 0.717) is 11.1 Å². The van der Waals surface area contributed by atoms with Gasteiger partial charge in [-0.1, -0.05) is 18.1 Å². The summed E-state index contributed by atoms with van der Waals surface area (Å²) in [6.45, 7) is 1.44. The van der Waals surface area contributed by atoms with Gasteiger partial charge in [-0.05, 0) is 24.6 Å². The fourth-order valence-corrected chi connectivity index (χ4v) is 1.04. The SMILES string of the molecule is C#Cc1ccc(C(C)(N)C(=O)O)cc1. The van der Waals surface area contributed by atoms with Gasteiger partial charge in [0.1, 0.15) is 5.54 Å². The summed E-state index contributed by atoms with van der Waals surface area (Å²) < 4.78 is 0. The molecule has 0 aliphatic heterocycles. The molecular weight excluding hydrogens is 178 g/mol. The van der Waals surface area contributed by atoms with Crippen molar-refractivity contribution in [3.05, 3.63) is 35.4 Å². The van der Waals surface area contributed by atoms with Crippen LogP contribution in [0.4, 0.5) is 0 Å². The molecule has 1 atom stereocenters. The summed E-state index contributed by atoms with van der Waals surface area (Å²) in [5.41, 5.74) is 5.49. The van der Waals surface area contributed by atoms with Crippen molar-refractivity contribution in [3.63, 3.8) is 0 Å². The highest BCUT2D eigenvalue weighted by molar-refractivity contribution is 5.79. The normalized spacial score (nSPS) is 14.1. The number of aliphatic carboxylic acids is 1. The second-order valence-electron chi connectivity index (χ2n) is 3.23. The minimum absolute atomic E-state index is 0.531. The van der Waals surface area contributed by atoms with Crippen molar-refractivity contribution in [2.45, 2.75) is 12.5 Å². The van der Waals surface area contributed by atoms with E-state index in [1.165, 1.54) is 6.92 Å². The lowest BCUT2D eigenvalue weighted by Crippen LogP contribution is -2.41. The maximum absolute atomic E-state index is 10.8. The Hall–Kier alpha value is -1.79. The molecular formula is C11H11NO2. The molecule has 0 radical (unpaired) electrons. The van der Waals surface area contributed by atoms with Gasteiger partial charge in [0.2, 0.25) is 0 Å². The first-order valence-electron chi connectivity index (χ1n) is 4.08. The van der Waals surface area contributed by atoms with Crippen LogP contribution in [0.5, 0.6) is 0 Å². The van der Waals surface area contributed by atoms with Crippen molar-refractivity contribution in [1.82, 2.24) is 0 Å². The predicted octanol–water partition coefficient (Wildman–Crippen LogP) is 0.926. The molecule has 0 amide bonds. The molecule has 0 fully saturated rings. The van der Waals surface area contributed by atoms with Gasteiger partial charge in [-0.15, -0.1) is 6.42 Å². The number of nitrogens with two attached hydrogens (primary N) is 1. The largest absolute Gasteiger partial charge is 0.480 e. The summed E-state index contributed by atoms with van der Waals surface area (Å²) in [6, 6.07) is 6.60. The van der Waals surface area contributed by atoms with Crippen LogP contribution in [0.3, 0.4) is 0 Å². The summed E-state index contributed by atoms with van der Waals surface area (Å²) in [5.74, 6) is 1.38. The van der Waals surface area contributed by atoms with Crippen LogP contribution in [0.15, 0.2) is 24.3 Å². The maximum atomic E-state index is 10.8. The number of benzene rings is 1. The molecule has 72 valence electrons. The van der Waals surface area contributed by atoms with Crippen LogP contribution in [0.2, 0.25) is 0 Å². The van der Waals surface area contributed by atoms with Crippen LogP contribution < -0.4 is 5.73 Å². The van der Waals surface area contributed by atoms with Gasteiger partial charge in [0.05, 0.1) is 0 Å². The minimum atomic E-state index is -1.37. The Morgan fingerprint density at radius 1 is 1.50 bits per heavy atom. The summed E-state index contributed by atoms with van der Waals surface area (Å²) in [6.07, 6.45) is 5.17. The molecule has 0 spiro atoms. The number of rotatable bonds is 2. The van der Waals surface area contributed by atoms with Gasteiger partial charge < -0.3 is 10.8 Å². The number of hydrogen-bond donors (Lipinski definition) is 2. The smallest absolute Gasteiger partial charge is 0.328 e. The Morgan fingerprint density at radius 3 is 2.36 bits per heavy atom. The van der Waals surface area contributed by atoms with Gasteiger partial charge >= 0.3 is 5.97 Å². The summed E-state index contributed by atoms with van der Waals surface area (Å²) in [7, 11) is 0. The molecule has 0 aliphatic rings. The Bertz CT molecular complexity index is 385. The number of hydrogen-bond acceptors (Lipinski definition) is 2. The molecule has 1 aromatic rings. The highest BCUT2D eigenvalue weighted by Gasteiger charge is 2.29. The fraction of sp³-hybridized carbons (Fsp3) is 0.182. The molecule has 0 aliphatic carbocycles. The van der Waals surface area contributed by atoms with E-state index in [4.69, 9.17) is 17.3 Å². The molecule has 1 rings (SSSR count). The highest BCUT2D eigenvalue weighted by atomic mass is 16.4. The summed E-state index contributed by atoms with van der Waals surface area (Å²) in [4.78, 5) is 10.8. The Kier molecular flexibility index (Phi) is 2.59. The van der Waals surface area contributed by atoms with Gasteiger partial charge in [-0.25, -0.2) is 4.79 Å². The minimum Gasteiger partial charge on any atom is -0.480 e. The van der Waals surface area contributed by atoms with E-state index >= 15 is 0 Å². The van der Waals surface area contributed by atoms with Crippen LogP contribution in [0, 0.1) is 12.3 Å². The van der Waals surface area contributed by atoms with E-state index in [1.807, 2.05) is 0 Å². The molecule has 3 N–H and O–H groups in total. The van der Waals surface area contributed by atoms with Crippen LogP contribution in [0.25, 0.3) is 0 Å². The Balaban J connectivity index is 3.10. The first kappa shape index (κ1) is 10.3. The molecule has 3 heteroatoms. The fourth-order valence-electron chi connectivity index (χ4n) is 1.04. The van der Waals surface area contributed by atoms with E-state index in [1.54, 1.807) is 24.3 Å². The zero-order chi connectivity index (χ0) is 10.8. The summed E-state index contributed by atoms with van der Waals surface area (Å²) in [5, 5.41) is 8.86. The molecule has 14 heavy (non-hydrogen) atoms. The zero-order valence-electron chi connectivity index (χ0n) is 7.82. The molecule has 0 aromatic heterocycles. The monoisotopic (exact) mass is 189 g/mol. The summed E-state index contributed by atoms with van der Waals surface area (Å²) >= 11 is 0. The van der Waals surface area contributed by atoms with Gasteiger partial charge in [-0.3, -0.25) is 0 Å².